The second-order valence-corrected chi connectivity index (χ2v) is 5.58. The highest BCUT2D eigenvalue weighted by Crippen LogP contribution is 2.32. The average molecular weight is 314 g/mol. The van der Waals surface area contributed by atoms with E-state index in [0.29, 0.717) is 0 Å². The number of ether oxygens (including phenoxy) is 1. The fraction of sp³-hybridized carbons (Fsp3) is 0.385. The van der Waals surface area contributed by atoms with Crippen LogP contribution in [-0.2, 0) is 11.2 Å². The van der Waals surface area contributed by atoms with Gasteiger partial charge in [0.15, 0.2) is 0 Å². The molecule has 4 heteroatoms. The summed E-state index contributed by atoms with van der Waals surface area (Å²) in [6.45, 7) is 2.48. The summed E-state index contributed by atoms with van der Waals surface area (Å²) in [6.07, 6.45) is 0.986. The summed E-state index contributed by atoms with van der Waals surface area (Å²) < 4.78 is 8.07. The lowest BCUT2D eigenvalue weighted by Crippen LogP contribution is -2.15. The number of halogens is 1. The summed E-state index contributed by atoms with van der Waals surface area (Å²) in [6, 6.07) is 6.36. The number of fused-ring (bicyclic) bond motifs is 1. The van der Waals surface area contributed by atoms with Crippen molar-refractivity contribution in [3.8, 4) is 0 Å². The largest absolute Gasteiger partial charge is 0.380 e. The van der Waals surface area contributed by atoms with Crippen molar-refractivity contribution >= 4 is 37.4 Å². The van der Waals surface area contributed by atoms with Crippen molar-refractivity contribution in [1.82, 2.24) is 5.32 Å². The van der Waals surface area contributed by atoms with Crippen molar-refractivity contribution in [3.05, 3.63) is 33.6 Å². The van der Waals surface area contributed by atoms with E-state index in [9.17, 15) is 0 Å². The molecule has 0 saturated carbocycles. The number of likely N-dealkylation sites (N-methyl/N-ethyl adjacent to an activating group) is 1. The Morgan fingerprint density at radius 1 is 1.35 bits per heavy atom. The summed E-state index contributed by atoms with van der Waals surface area (Å²) >= 11 is 5.38. The highest BCUT2D eigenvalue weighted by molar-refractivity contribution is 9.10. The normalized spacial score (nSPS) is 11.2. The Morgan fingerprint density at radius 2 is 2.24 bits per heavy atom. The first kappa shape index (κ1) is 13.0. The molecule has 1 N–H and O–H groups in total. The van der Waals surface area contributed by atoms with Gasteiger partial charge in [0, 0.05) is 15.7 Å². The predicted molar refractivity (Wildman–Crippen MR) is 78.0 cm³/mol. The molecule has 92 valence electrons. The van der Waals surface area contributed by atoms with Crippen molar-refractivity contribution in [2.75, 3.05) is 26.8 Å². The molecule has 1 aromatic heterocycles. The fourth-order valence-electron chi connectivity index (χ4n) is 1.73. The van der Waals surface area contributed by atoms with Gasteiger partial charge in [-0.05, 0) is 51.8 Å². The molecule has 17 heavy (non-hydrogen) atoms. The molecule has 0 bridgehead atoms. The molecule has 0 aliphatic carbocycles. The molecule has 2 rings (SSSR count). The molecule has 1 aromatic carbocycles. The first-order chi connectivity index (χ1) is 8.33. The SMILES string of the molecule is CNCCOCCc1csc2c(Br)cccc12. The Bertz CT molecular complexity index is 483. The fourth-order valence-corrected chi connectivity index (χ4v) is 3.39. The number of hydrogen-bond donors (Lipinski definition) is 1. The van der Waals surface area contributed by atoms with Crippen molar-refractivity contribution in [2.45, 2.75) is 6.42 Å². The summed E-state index contributed by atoms with van der Waals surface area (Å²) in [5, 5.41) is 6.65. The van der Waals surface area contributed by atoms with Crippen LogP contribution in [0.2, 0.25) is 0 Å². The minimum Gasteiger partial charge on any atom is -0.380 e. The van der Waals surface area contributed by atoms with Gasteiger partial charge in [-0.15, -0.1) is 11.3 Å². The third-order valence-corrected chi connectivity index (χ3v) is 4.65. The molecule has 0 unspecified atom stereocenters. The molecule has 0 aliphatic rings. The third kappa shape index (κ3) is 3.28. The highest BCUT2D eigenvalue weighted by Gasteiger charge is 2.05. The second-order valence-electron chi connectivity index (χ2n) is 3.84. The zero-order valence-electron chi connectivity index (χ0n) is 9.83. The van der Waals surface area contributed by atoms with Gasteiger partial charge < -0.3 is 10.1 Å². The molecule has 0 radical (unpaired) electrons. The van der Waals surface area contributed by atoms with Gasteiger partial charge in [0.05, 0.1) is 13.2 Å². The summed E-state index contributed by atoms with van der Waals surface area (Å²) in [5.41, 5.74) is 1.38. The Labute approximate surface area is 114 Å². The van der Waals surface area contributed by atoms with Gasteiger partial charge >= 0.3 is 0 Å². The Hall–Kier alpha value is -0.420. The van der Waals surface area contributed by atoms with Gasteiger partial charge in [-0.2, -0.15) is 0 Å². The van der Waals surface area contributed by atoms with E-state index >= 15 is 0 Å². The van der Waals surface area contributed by atoms with Crippen LogP contribution in [0.4, 0.5) is 0 Å². The van der Waals surface area contributed by atoms with Crippen molar-refractivity contribution in [2.24, 2.45) is 0 Å². The van der Waals surface area contributed by atoms with E-state index < -0.39 is 0 Å². The molecule has 0 saturated heterocycles. The van der Waals surface area contributed by atoms with E-state index in [0.717, 1.165) is 26.2 Å². The molecule has 2 nitrogen and oxygen atoms in total. The van der Waals surface area contributed by atoms with E-state index in [1.54, 1.807) is 11.3 Å². The summed E-state index contributed by atoms with van der Waals surface area (Å²) in [5.74, 6) is 0. The van der Waals surface area contributed by atoms with Crippen LogP contribution in [0.5, 0.6) is 0 Å². The quantitative estimate of drug-likeness (QED) is 0.825. The van der Waals surface area contributed by atoms with E-state index in [2.05, 4.69) is 44.8 Å². The third-order valence-electron chi connectivity index (χ3n) is 2.64. The van der Waals surface area contributed by atoms with Crippen LogP contribution in [-0.4, -0.2) is 26.8 Å². The maximum Gasteiger partial charge on any atom is 0.0590 e. The van der Waals surface area contributed by atoms with Crippen LogP contribution in [0.15, 0.2) is 28.1 Å². The summed E-state index contributed by atoms with van der Waals surface area (Å²) in [4.78, 5) is 0. The first-order valence-electron chi connectivity index (χ1n) is 5.70. The zero-order chi connectivity index (χ0) is 12.1. The Morgan fingerprint density at radius 3 is 3.06 bits per heavy atom. The van der Waals surface area contributed by atoms with Crippen LogP contribution >= 0.6 is 27.3 Å². The predicted octanol–water partition coefficient (Wildman–Crippen LogP) is 3.44. The number of hydrogen-bond acceptors (Lipinski definition) is 3. The van der Waals surface area contributed by atoms with Gasteiger partial charge in [-0.1, -0.05) is 12.1 Å². The van der Waals surface area contributed by atoms with Crippen LogP contribution in [0.25, 0.3) is 10.1 Å². The number of thiophene rings is 1. The topological polar surface area (TPSA) is 21.3 Å². The molecule has 0 atom stereocenters. The minimum atomic E-state index is 0.780. The lowest BCUT2D eigenvalue weighted by atomic mass is 10.1. The monoisotopic (exact) mass is 313 g/mol. The van der Waals surface area contributed by atoms with Gasteiger partial charge in [-0.3, -0.25) is 0 Å². The van der Waals surface area contributed by atoms with E-state index in [1.807, 2.05) is 7.05 Å². The van der Waals surface area contributed by atoms with E-state index in [4.69, 9.17) is 4.74 Å². The van der Waals surface area contributed by atoms with Gasteiger partial charge in [0.2, 0.25) is 0 Å². The first-order valence-corrected chi connectivity index (χ1v) is 7.37. The molecule has 0 fully saturated rings. The van der Waals surface area contributed by atoms with Gasteiger partial charge in [-0.25, -0.2) is 0 Å². The Balaban J connectivity index is 1.97. The molecular formula is C13H16BrNOS. The maximum atomic E-state index is 5.56. The smallest absolute Gasteiger partial charge is 0.0590 e. The molecule has 0 spiro atoms. The number of rotatable bonds is 6. The van der Waals surface area contributed by atoms with Crippen LogP contribution < -0.4 is 5.32 Å². The zero-order valence-corrected chi connectivity index (χ0v) is 12.2. The second kappa shape index (κ2) is 6.50. The number of benzene rings is 1. The average Bonchev–Trinajstić information content (AvgIpc) is 2.74. The van der Waals surface area contributed by atoms with Crippen LogP contribution in [0, 0.1) is 0 Å². The van der Waals surface area contributed by atoms with Crippen molar-refractivity contribution < 1.29 is 4.74 Å². The van der Waals surface area contributed by atoms with Gasteiger partial charge in [0.25, 0.3) is 0 Å². The summed E-state index contributed by atoms with van der Waals surface area (Å²) in [7, 11) is 1.94. The van der Waals surface area contributed by atoms with Crippen LogP contribution in [0.3, 0.4) is 0 Å². The minimum absolute atomic E-state index is 0.780. The molecule has 0 amide bonds. The molecule has 2 aromatic rings. The molecule has 0 aliphatic heterocycles. The van der Waals surface area contributed by atoms with E-state index in [-0.39, 0.29) is 0 Å². The number of nitrogens with one attached hydrogen (secondary N) is 1. The highest BCUT2D eigenvalue weighted by atomic mass is 79.9. The Kier molecular flexibility index (Phi) is 4.98. The molecular weight excluding hydrogens is 298 g/mol. The van der Waals surface area contributed by atoms with Crippen molar-refractivity contribution in [1.29, 1.82) is 0 Å². The van der Waals surface area contributed by atoms with Crippen molar-refractivity contribution in [3.63, 3.8) is 0 Å². The van der Waals surface area contributed by atoms with E-state index in [1.165, 1.54) is 20.1 Å². The lowest BCUT2D eigenvalue weighted by Gasteiger charge is -2.03. The van der Waals surface area contributed by atoms with Crippen LogP contribution in [0.1, 0.15) is 5.56 Å². The molecule has 1 heterocycles. The maximum absolute atomic E-state index is 5.56. The standard InChI is InChI=1S/C13H16BrNOS/c1-15-6-8-16-7-5-10-9-17-13-11(10)3-2-4-12(13)14/h2-4,9,15H,5-8H2,1H3. The lowest BCUT2D eigenvalue weighted by molar-refractivity contribution is 0.140. The van der Waals surface area contributed by atoms with Gasteiger partial charge in [0.1, 0.15) is 0 Å².